The van der Waals surface area contributed by atoms with Crippen LogP contribution >= 0.6 is 0 Å². The Balaban J connectivity index is 2.37. The molecule has 1 aromatic carbocycles. The number of rotatable bonds is 5. The summed E-state index contributed by atoms with van der Waals surface area (Å²) >= 11 is 0. The lowest BCUT2D eigenvalue weighted by molar-refractivity contribution is 0.102. The van der Waals surface area contributed by atoms with Crippen molar-refractivity contribution in [3.63, 3.8) is 0 Å². The van der Waals surface area contributed by atoms with E-state index in [1.165, 1.54) is 21.3 Å². The number of nitrogens with one attached hydrogen (secondary N) is 1. The van der Waals surface area contributed by atoms with E-state index in [0.29, 0.717) is 28.6 Å². The van der Waals surface area contributed by atoms with Gasteiger partial charge in [-0.1, -0.05) is 6.07 Å². The van der Waals surface area contributed by atoms with Crippen LogP contribution in [-0.4, -0.2) is 32.2 Å². The van der Waals surface area contributed by atoms with Gasteiger partial charge in [0.05, 0.1) is 26.9 Å². The smallest absolute Gasteiger partial charge is 0.260 e. The fraction of sp³-hybridized carbons (Fsp3) is 0.200. The van der Waals surface area contributed by atoms with Crippen LogP contribution in [-0.2, 0) is 0 Å². The quantitative estimate of drug-likeness (QED) is 0.914. The molecule has 1 heterocycles. The molecule has 0 radical (unpaired) electrons. The van der Waals surface area contributed by atoms with Crippen LogP contribution in [0.2, 0.25) is 0 Å². The van der Waals surface area contributed by atoms with Crippen molar-refractivity contribution in [1.29, 1.82) is 0 Å². The van der Waals surface area contributed by atoms with E-state index < -0.39 is 0 Å². The van der Waals surface area contributed by atoms with Gasteiger partial charge in [-0.25, -0.2) is 4.98 Å². The predicted octanol–water partition coefficient (Wildman–Crippen LogP) is 2.36. The first kappa shape index (κ1) is 14.6. The van der Waals surface area contributed by atoms with Gasteiger partial charge in [0.2, 0.25) is 5.75 Å². The van der Waals surface area contributed by atoms with E-state index in [2.05, 4.69) is 10.3 Å². The lowest BCUT2D eigenvalue weighted by Gasteiger charge is -2.15. The fourth-order valence-electron chi connectivity index (χ4n) is 1.90. The Kier molecular flexibility index (Phi) is 4.61. The second-order valence-electron chi connectivity index (χ2n) is 4.05. The van der Waals surface area contributed by atoms with E-state index in [4.69, 9.17) is 14.2 Å². The SMILES string of the molecule is COc1ccc(C(=O)Nc2ccccn2)c(OC)c1OC. The molecule has 0 atom stereocenters. The largest absolute Gasteiger partial charge is 0.493 e. The minimum absolute atomic E-state index is 0.310. The molecule has 0 unspecified atom stereocenters. The van der Waals surface area contributed by atoms with Crippen molar-refractivity contribution in [2.45, 2.75) is 0 Å². The topological polar surface area (TPSA) is 69.7 Å². The Labute approximate surface area is 122 Å². The molecule has 6 heteroatoms. The van der Waals surface area contributed by atoms with Gasteiger partial charge in [-0.05, 0) is 24.3 Å². The number of methoxy groups -OCH3 is 3. The minimum atomic E-state index is -0.341. The van der Waals surface area contributed by atoms with Crippen LogP contribution in [0.5, 0.6) is 17.2 Å². The van der Waals surface area contributed by atoms with Crippen LogP contribution in [0.4, 0.5) is 5.82 Å². The third-order valence-electron chi connectivity index (χ3n) is 2.86. The highest BCUT2D eigenvalue weighted by Crippen LogP contribution is 2.39. The number of hydrogen-bond acceptors (Lipinski definition) is 5. The molecule has 0 aliphatic carbocycles. The first-order valence-corrected chi connectivity index (χ1v) is 6.22. The van der Waals surface area contributed by atoms with Crippen LogP contribution in [0.3, 0.4) is 0 Å². The van der Waals surface area contributed by atoms with Crippen molar-refractivity contribution < 1.29 is 19.0 Å². The highest BCUT2D eigenvalue weighted by molar-refractivity contribution is 6.06. The average Bonchev–Trinajstić information content (AvgIpc) is 2.53. The van der Waals surface area contributed by atoms with Crippen molar-refractivity contribution in [2.24, 2.45) is 0 Å². The van der Waals surface area contributed by atoms with E-state index in [9.17, 15) is 4.79 Å². The molecule has 110 valence electrons. The first-order valence-electron chi connectivity index (χ1n) is 6.22. The highest BCUT2D eigenvalue weighted by atomic mass is 16.5. The molecule has 0 saturated heterocycles. The number of benzene rings is 1. The third kappa shape index (κ3) is 3.05. The normalized spacial score (nSPS) is 9.86. The van der Waals surface area contributed by atoms with Crippen LogP contribution in [0.1, 0.15) is 10.4 Å². The summed E-state index contributed by atoms with van der Waals surface area (Å²) in [6.07, 6.45) is 1.60. The van der Waals surface area contributed by atoms with Crippen molar-refractivity contribution in [3.8, 4) is 17.2 Å². The molecule has 21 heavy (non-hydrogen) atoms. The zero-order chi connectivity index (χ0) is 15.2. The number of nitrogens with zero attached hydrogens (tertiary/aromatic N) is 1. The molecule has 6 nitrogen and oxygen atoms in total. The molecule has 0 fully saturated rings. The van der Waals surface area contributed by atoms with E-state index in [1.807, 2.05) is 0 Å². The Hall–Kier alpha value is -2.76. The summed E-state index contributed by atoms with van der Waals surface area (Å²) in [5.41, 5.74) is 0.334. The highest BCUT2D eigenvalue weighted by Gasteiger charge is 2.20. The summed E-state index contributed by atoms with van der Waals surface area (Å²) in [5.74, 6) is 1.29. The summed E-state index contributed by atoms with van der Waals surface area (Å²) in [6, 6.07) is 8.51. The minimum Gasteiger partial charge on any atom is -0.493 e. The van der Waals surface area contributed by atoms with Crippen LogP contribution in [0.25, 0.3) is 0 Å². The molecular formula is C15H16N2O4. The molecule has 2 rings (SSSR count). The second-order valence-corrected chi connectivity index (χ2v) is 4.05. The van der Waals surface area contributed by atoms with E-state index in [-0.39, 0.29) is 5.91 Å². The van der Waals surface area contributed by atoms with Crippen LogP contribution < -0.4 is 19.5 Å². The molecule has 1 N–H and O–H groups in total. The van der Waals surface area contributed by atoms with Crippen LogP contribution in [0.15, 0.2) is 36.5 Å². The lowest BCUT2D eigenvalue weighted by Crippen LogP contribution is -2.14. The Morgan fingerprint density at radius 3 is 2.33 bits per heavy atom. The van der Waals surface area contributed by atoms with Gasteiger partial charge < -0.3 is 19.5 Å². The Morgan fingerprint density at radius 1 is 1.00 bits per heavy atom. The van der Waals surface area contributed by atoms with Crippen molar-refractivity contribution in [1.82, 2.24) is 4.98 Å². The Bertz CT molecular complexity index is 629. The van der Waals surface area contributed by atoms with Gasteiger partial charge in [0.25, 0.3) is 5.91 Å². The summed E-state index contributed by atoms with van der Waals surface area (Å²) < 4.78 is 15.7. The van der Waals surface area contributed by atoms with Gasteiger partial charge in [-0.3, -0.25) is 4.79 Å². The van der Waals surface area contributed by atoms with Crippen LogP contribution in [0, 0.1) is 0 Å². The standard InChI is InChI=1S/C15H16N2O4/c1-19-11-8-7-10(13(20-2)14(11)21-3)15(18)17-12-6-4-5-9-16-12/h4-9H,1-3H3,(H,16,17,18). The number of anilines is 1. The second kappa shape index (κ2) is 6.60. The molecule has 0 saturated carbocycles. The average molecular weight is 288 g/mol. The molecule has 1 aromatic heterocycles. The van der Waals surface area contributed by atoms with Gasteiger partial charge in [-0.15, -0.1) is 0 Å². The summed E-state index contributed by atoms with van der Waals surface area (Å²) in [4.78, 5) is 16.4. The number of aromatic nitrogens is 1. The van der Waals surface area contributed by atoms with Crippen molar-refractivity contribution in [2.75, 3.05) is 26.6 Å². The van der Waals surface area contributed by atoms with E-state index in [0.717, 1.165) is 0 Å². The molecule has 0 bridgehead atoms. The maximum absolute atomic E-state index is 12.3. The molecule has 0 spiro atoms. The Morgan fingerprint density at radius 2 is 1.76 bits per heavy atom. The zero-order valence-electron chi connectivity index (χ0n) is 12.0. The van der Waals surface area contributed by atoms with Gasteiger partial charge in [0.15, 0.2) is 11.5 Å². The number of pyridine rings is 1. The number of carbonyl (C=O) groups is 1. The third-order valence-corrected chi connectivity index (χ3v) is 2.86. The van der Waals surface area contributed by atoms with Gasteiger partial charge >= 0.3 is 0 Å². The van der Waals surface area contributed by atoms with E-state index >= 15 is 0 Å². The molecule has 2 aromatic rings. The molecule has 0 aliphatic heterocycles. The lowest BCUT2D eigenvalue weighted by atomic mass is 10.1. The van der Waals surface area contributed by atoms with Gasteiger partial charge in [0.1, 0.15) is 5.82 Å². The fourth-order valence-corrected chi connectivity index (χ4v) is 1.90. The summed E-state index contributed by atoms with van der Waals surface area (Å²) in [5, 5.41) is 2.70. The van der Waals surface area contributed by atoms with Crippen molar-refractivity contribution in [3.05, 3.63) is 42.1 Å². The number of ether oxygens (including phenoxy) is 3. The number of amides is 1. The number of hydrogen-bond donors (Lipinski definition) is 1. The monoisotopic (exact) mass is 288 g/mol. The molecule has 1 amide bonds. The maximum atomic E-state index is 12.3. The van der Waals surface area contributed by atoms with Gasteiger partial charge in [0, 0.05) is 6.20 Å². The molecular weight excluding hydrogens is 272 g/mol. The maximum Gasteiger partial charge on any atom is 0.260 e. The summed E-state index contributed by atoms with van der Waals surface area (Å²) in [6.45, 7) is 0. The zero-order valence-corrected chi connectivity index (χ0v) is 12.0. The molecule has 0 aliphatic rings. The first-order chi connectivity index (χ1) is 10.2. The number of carbonyl (C=O) groups excluding carboxylic acids is 1. The van der Waals surface area contributed by atoms with Crippen molar-refractivity contribution >= 4 is 11.7 Å². The van der Waals surface area contributed by atoms with E-state index in [1.54, 1.807) is 36.5 Å². The summed E-state index contributed by atoms with van der Waals surface area (Å²) in [7, 11) is 4.47. The van der Waals surface area contributed by atoms with Gasteiger partial charge in [-0.2, -0.15) is 0 Å². The predicted molar refractivity (Wildman–Crippen MR) is 78.3 cm³/mol.